The number of furan rings is 1. The van der Waals surface area contributed by atoms with E-state index in [1.165, 1.54) is 6.07 Å². The fraction of sp³-hybridized carbons (Fsp3) is 0.154. The smallest absolute Gasteiger partial charge is 0.338 e. The Balaban J connectivity index is 2.15. The van der Waals surface area contributed by atoms with E-state index in [0.29, 0.717) is 10.6 Å². The van der Waals surface area contributed by atoms with Crippen molar-refractivity contribution in [3.63, 3.8) is 0 Å². The summed E-state index contributed by atoms with van der Waals surface area (Å²) in [5.41, 5.74) is 0.423. The number of hydrogen-bond donors (Lipinski definition) is 1. The van der Waals surface area contributed by atoms with Crippen molar-refractivity contribution in [1.29, 1.82) is 0 Å². The molecule has 5 nitrogen and oxygen atoms in total. The summed E-state index contributed by atoms with van der Waals surface area (Å²) in [6.45, 7) is 0. The Morgan fingerprint density at radius 2 is 1.95 bits per heavy atom. The summed E-state index contributed by atoms with van der Waals surface area (Å²) in [5.74, 6) is -1.67. The minimum atomic E-state index is -3.49. The van der Waals surface area contributed by atoms with Crippen LogP contribution in [0.15, 0.2) is 41.0 Å². The standard InChI is InChI=1S/C13H11ClO5S/c14-12-4-2-1-3-9(12)7-20(17,18)8-11-5-10(6-19-11)13(15)16/h1-6H,7-8H2,(H,15,16). The number of sulfone groups is 1. The zero-order valence-corrected chi connectivity index (χ0v) is 11.8. The largest absolute Gasteiger partial charge is 0.478 e. The summed E-state index contributed by atoms with van der Waals surface area (Å²) >= 11 is 5.91. The molecule has 1 aromatic carbocycles. The monoisotopic (exact) mass is 314 g/mol. The Morgan fingerprint density at radius 3 is 2.55 bits per heavy atom. The molecule has 1 heterocycles. The Kier molecular flexibility index (Phi) is 4.15. The molecule has 7 heteroatoms. The molecule has 0 atom stereocenters. The Labute approximate surface area is 120 Å². The zero-order chi connectivity index (χ0) is 14.8. The normalized spacial score (nSPS) is 11.4. The van der Waals surface area contributed by atoms with Gasteiger partial charge in [0.05, 0.1) is 11.3 Å². The highest BCUT2D eigenvalue weighted by Gasteiger charge is 2.18. The molecular formula is C13H11ClO5S. The Bertz CT molecular complexity index is 733. The summed E-state index contributed by atoms with van der Waals surface area (Å²) in [6.07, 6.45) is 1.02. The molecule has 20 heavy (non-hydrogen) atoms. The third-order valence-corrected chi connectivity index (χ3v) is 4.44. The van der Waals surface area contributed by atoms with Crippen molar-refractivity contribution in [2.45, 2.75) is 11.5 Å². The lowest BCUT2D eigenvalue weighted by atomic mass is 10.2. The number of rotatable bonds is 5. The Morgan fingerprint density at radius 1 is 1.25 bits per heavy atom. The lowest BCUT2D eigenvalue weighted by Gasteiger charge is -2.04. The molecule has 0 radical (unpaired) electrons. The maximum absolute atomic E-state index is 12.0. The van der Waals surface area contributed by atoms with E-state index in [1.54, 1.807) is 24.3 Å². The predicted octanol–water partition coefficient (Wildman–Crippen LogP) is 2.75. The number of halogens is 1. The Hall–Kier alpha value is -1.79. The van der Waals surface area contributed by atoms with Gasteiger partial charge in [-0.15, -0.1) is 0 Å². The fourth-order valence-electron chi connectivity index (χ4n) is 1.69. The molecule has 2 rings (SSSR count). The lowest BCUT2D eigenvalue weighted by Crippen LogP contribution is -2.07. The van der Waals surface area contributed by atoms with Crippen molar-refractivity contribution in [2.24, 2.45) is 0 Å². The van der Waals surface area contributed by atoms with Crippen LogP contribution in [0.2, 0.25) is 5.02 Å². The lowest BCUT2D eigenvalue weighted by molar-refractivity contribution is 0.0696. The van der Waals surface area contributed by atoms with E-state index < -0.39 is 15.8 Å². The molecule has 0 spiro atoms. The van der Waals surface area contributed by atoms with E-state index in [-0.39, 0.29) is 22.8 Å². The van der Waals surface area contributed by atoms with Gasteiger partial charge in [-0.05, 0) is 17.7 Å². The van der Waals surface area contributed by atoms with Crippen molar-refractivity contribution in [2.75, 3.05) is 0 Å². The van der Waals surface area contributed by atoms with E-state index in [9.17, 15) is 13.2 Å². The average molecular weight is 315 g/mol. The van der Waals surface area contributed by atoms with Gasteiger partial charge in [0.1, 0.15) is 17.8 Å². The van der Waals surface area contributed by atoms with Gasteiger partial charge >= 0.3 is 5.97 Å². The maximum atomic E-state index is 12.0. The van der Waals surface area contributed by atoms with E-state index in [1.807, 2.05) is 0 Å². The van der Waals surface area contributed by atoms with Gasteiger partial charge in [-0.1, -0.05) is 29.8 Å². The van der Waals surface area contributed by atoms with Crippen LogP contribution in [0, 0.1) is 0 Å². The molecule has 106 valence electrons. The van der Waals surface area contributed by atoms with Crippen molar-refractivity contribution < 1.29 is 22.7 Å². The third kappa shape index (κ3) is 3.61. The van der Waals surface area contributed by atoms with Crippen molar-refractivity contribution in [3.05, 3.63) is 58.5 Å². The summed E-state index contributed by atoms with van der Waals surface area (Å²) in [7, 11) is -3.49. The fourth-order valence-corrected chi connectivity index (χ4v) is 3.38. The highest BCUT2D eigenvalue weighted by Crippen LogP contribution is 2.20. The van der Waals surface area contributed by atoms with Crippen LogP contribution in [0.5, 0.6) is 0 Å². The van der Waals surface area contributed by atoms with Gasteiger partial charge in [0.25, 0.3) is 0 Å². The topological polar surface area (TPSA) is 84.6 Å². The number of hydrogen-bond acceptors (Lipinski definition) is 4. The van der Waals surface area contributed by atoms with Crippen LogP contribution in [0.1, 0.15) is 21.7 Å². The highest BCUT2D eigenvalue weighted by molar-refractivity contribution is 7.89. The third-order valence-electron chi connectivity index (χ3n) is 2.60. The van der Waals surface area contributed by atoms with Crippen molar-refractivity contribution in [3.8, 4) is 0 Å². The van der Waals surface area contributed by atoms with E-state index in [0.717, 1.165) is 6.26 Å². The average Bonchev–Trinajstić information content (AvgIpc) is 2.79. The second-order valence-corrected chi connectivity index (χ2v) is 6.70. The molecule has 0 saturated heterocycles. The van der Waals surface area contributed by atoms with E-state index >= 15 is 0 Å². The first-order chi connectivity index (χ1) is 9.37. The first kappa shape index (κ1) is 14.6. The van der Waals surface area contributed by atoms with Gasteiger partial charge in [-0.25, -0.2) is 13.2 Å². The van der Waals surface area contributed by atoms with Gasteiger partial charge in [-0.2, -0.15) is 0 Å². The van der Waals surface area contributed by atoms with Crippen LogP contribution in [0.25, 0.3) is 0 Å². The maximum Gasteiger partial charge on any atom is 0.338 e. The molecule has 0 amide bonds. The second-order valence-electron chi connectivity index (χ2n) is 4.23. The number of carbonyl (C=O) groups is 1. The highest BCUT2D eigenvalue weighted by atomic mass is 35.5. The minimum absolute atomic E-state index is 0.0760. The molecule has 2 aromatic rings. The molecule has 1 aromatic heterocycles. The van der Waals surface area contributed by atoms with Gasteiger partial charge < -0.3 is 9.52 Å². The van der Waals surface area contributed by atoms with Crippen LogP contribution in [-0.2, 0) is 21.3 Å². The zero-order valence-electron chi connectivity index (χ0n) is 10.2. The first-order valence-electron chi connectivity index (χ1n) is 5.62. The van der Waals surface area contributed by atoms with Crippen LogP contribution >= 0.6 is 11.6 Å². The van der Waals surface area contributed by atoms with Gasteiger partial charge in [0.15, 0.2) is 9.84 Å². The van der Waals surface area contributed by atoms with Crippen LogP contribution in [-0.4, -0.2) is 19.5 Å². The number of aromatic carboxylic acids is 1. The molecule has 1 N–H and O–H groups in total. The van der Waals surface area contributed by atoms with Crippen LogP contribution in [0.4, 0.5) is 0 Å². The van der Waals surface area contributed by atoms with Crippen molar-refractivity contribution in [1.82, 2.24) is 0 Å². The number of benzene rings is 1. The number of carboxylic acids is 1. The van der Waals surface area contributed by atoms with E-state index in [4.69, 9.17) is 21.1 Å². The van der Waals surface area contributed by atoms with Crippen LogP contribution in [0.3, 0.4) is 0 Å². The summed E-state index contributed by atoms with van der Waals surface area (Å²) in [4.78, 5) is 10.7. The molecule has 0 saturated carbocycles. The van der Waals surface area contributed by atoms with Crippen molar-refractivity contribution >= 4 is 27.4 Å². The predicted molar refractivity (Wildman–Crippen MR) is 73.4 cm³/mol. The van der Waals surface area contributed by atoms with Crippen LogP contribution < -0.4 is 0 Å². The second kappa shape index (κ2) is 5.68. The van der Waals surface area contributed by atoms with Gasteiger partial charge in [-0.3, -0.25) is 0 Å². The van der Waals surface area contributed by atoms with E-state index in [2.05, 4.69) is 0 Å². The van der Waals surface area contributed by atoms with Gasteiger partial charge in [0, 0.05) is 5.02 Å². The summed E-state index contributed by atoms with van der Waals surface area (Å²) in [6, 6.07) is 7.86. The quantitative estimate of drug-likeness (QED) is 0.917. The molecule has 0 aliphatic rings. The summed E-state index contributed by atoms with van der Waals surface area (Å²) in [5, 5.41) is 9.12. The molecule has 0 aliphatic heterocycles. The SMILES string of the molecule is O=C(O)c1coc(CS(=O)(=O)Cc2ccccc2Cl)c1. The molecule has 0 aliphatic carbocycles. The molecule has 0 fully saturated rings. The summed E-state index contributed by atoms with van der Waals surface area (Å²) < 4.78 is 29.0. The molecule has 0 bridgehead atoms. The molecular weight excluding hydrogens is 304 g/mol. The number of carboxylic acid groups (broad SMARTS) is 1. The first-order valence-corrected chi connectivity index (χ1v) is 7.82. The minimum Gasteiger partial charge on any atom is -0.478 e. The van der Waals surface area contributed by atoms with Gasteiger partial charge in [0.2, 0.25) is 0 Å². The molecule has 0 unspecified atom stereocenters.